The minimum absolute atomic E-state index is 0.00124. The first kappa shape index (κ1) is 13.9. The van der Waals surface area contributed by atoms with E-state index in [9.17, 15) is 19.3 Å². The molecule has 21 heavy (non-hydrogen) atoms. The number of piperidine rings is 3. The molecule has 3 aliphatic rings. The van der Waals surface area contributed by atoms with Crippen molar-refractivity contribution in [2.45, 2.75) is 18.9 Å². The molecule has 4 rings (SSSR count). The summed E-state index contributed by atoms with van der Waals surface area (Å²) in [5, 5.41) is 13.6. The summed E-state index contributed by atoms with van der Waals surface area (Å²) in [6.07, 6.45) is 2.06. The monoisotopic (exact) mass is 293 g/mol. The van der Waals surface area contributed by atoms with E-state index >= 15 is 0 Å². The van der Waals surface area contributed by atoms with Gasteiger partial charge in [-0.05, 0) is 37.9 Å². The fourth-order valence-corrected chi connectivity index (χ4v) is 3.18. The van der Waals surface area contributed by atoms with Crippen molar-refractivity contribution >= 4 is 11.6 Å². The molecule has 1 aromatic rings. The Labute approximate surface area is 121 Å². The van der Waals surface area contributed by atoms with Crippen molar-refractivity contribution in [2.75, 3.05) is 19.6 Å². The van der Waals surface area contributed by atoms with Gasteiger partial charge in [0.25, 0.3) is 11.6 Å². The summed E-state index contributed by atoms with van der Waals surface area (Å²) in [5.41, 5.74) is -0.545. The third-order valence-corrected chi connectivity index (χ3v) is 4.38. The van der Waals surface area contributed by atoms with Gasteiger partial charge in [0.05, 0.1) is 10.5 Å². The van der Waals surface area contributed by atoms with Gasteiger partial charge >= 0.3 is 0 Å². The SMILES string of the molecule is O=C(NC1CN2CCC1CC2)c1cc([N+](=O)[O-])ccc1F. The summed E-state index contributed by atoms with van der Waals surface area (Å²) in [6, 6.07) is 3.01. The molecular weight excluding hydrogens is 277 g/mol. The minimum atomic E-state index is -0.737. The number of nitro groups is 1. The van der Waals surface area contributed by atoms with Crippen LogP contribution in [-0.4, -0.2) is 41.4 Å². The van der Waals surface area contributed by atoms with E-state index in [0.29, 0.717) is 5.92 Å². The Morgan fingerprint density at radius 1 is 1.38 bits per heavy atom. The summed E-state index contributed by atoms with van der Waals surface area (Å²) < 4.78 is 13.7. The van der Waals surface area contributed by atoms with Gasteiger partial charge in [0.1, 0.15) is 5.82 Å². The largest absolute Gasteiger partial charge is 0.348 e. The molecule has 0 aliphatic carbocycles. The van der Waals surface area contributed by atoms with Crippen LogP contribution in [0.15, 0.2) is 18.2 Å². The van der Waals surface area contributed by atoms with Crippen molar-refractivity contribution in [2.24, 2.45) is 5.92 Å². The molecule has 1 atom stereocenters. The van der Waals surface area contributed by atoms with Crippen molar-refractivity contribution < 1.29 is 14.1 Å². The first-order chi connectivity index (χ1) is 10.0. The van der Waals surface area contributed by atoms with Crippen LogP contribution in [0.3, 0.4) is 0 Å². The lowest BCUT2D eigenvalue weighted by Crippen LogP contribution is -2.57. The third-order valence-electron chi connectivity index (χ3n) is 4.38. The Kier molecular flexibility index (Phi) is 3.59. The zero-order chi connectivity index (χ0) is 15.0. The van der Waals surface area contributed by atoms with E-state index in [2.05, 4.69) is 10.2 Å². The highest BCUT2D eigenvalue weighted by Crippen LogP contribution is 2.28. The second-order valence-electron chi connectivity index (χ2n) is 5.64. The van der Waals surface area contributed by atoms with Crippen LogP contribution in [0, 0.1) is 21.8 Å². The number of rotatable bonds is 3. The topological polar surface area (TPSA) is 75.5 Å². The molecule has 1 N–H and O–H groups in total. The maximum atomic E-state index is 13.7. The number of nitrogens with one attached hydrogen (secondary N) is 1. The lowest BCUT2D eigenvalue weighted by Gasteiger charge is -2.44. The lowest BCUT2D eigenvalue weighted by atomic mass is 9.84. The molecule has 6 nitrogen and oxygen atoms in total. The average molecular weight is 293 g/mol. The van der Waals surface area contributed by atoms with Crippen molar-refractivity contribution in [3.8, 4) is 0 Å². The molecule has 0 saturated carbocycles. The molecule has 0 radical (unpaired) electrons. The molecule has 3 aliphatic heterocycles. The van der Waals surface area contributed by atoms with Gasteiger partial charge in [0.15, 0.2) is 0 Å². The number of hydrogen-bond acceptors (Lipinski definition) is 4. The van der Waals surface area contributed by atoms with Crippen LogP contribution in [-0.2, 0) is 0 Å². The number of carbonyl (C=O) groups is 1. The Morgan fingerprint density at radius 2 is 2.10 bits per heavy atom. The van der Waals surface area contributed by atoms with E-state index in [0.717, 1.165) is 50.7 Å². The standard InChI is InChI=1S/C14H16FN3O3/c15-12-2-1-10(18(20)21)7-11(12)14(19)16-13-8-17-5-3-9(13)4-6-17/h1-2,7,9,13H,3-6,8H2,(H,16,19). The summed E-state index contributed by atoms with van der Waals surface area (Å²) in [7, 11) is 0. The second-order valence-corrected chi connectivity index (χ2v) is 5.64. The summed E-state index contributed by atoms with van der Waals surface area (Å²) in [5.74, 6) is -0.893. The Hall–Kier alpha value is -2.02. The van der Waals surface area contributed by atoms with Gasteiger partial charge in [-0.15, -0.1) is 0 Å². The van der Waals surface area contributed by atoms with Crippen LogP contribution < -0.4 is 5.32 Å². The highest BCUT2D eigenvalue weighted by atomic mass is 19.1. The molecule has 0 spiro atoms. The molecule has 7 heteroatoms. The van der Waals surface area contributed by atoms with E-state index < -0.39 is 16.6 Å². The number of benzene rings is 1. The van der Waals surface area contributed by atoms with Crippen LogP contribution >= 0.6 is 0 Å². The number of nitro benzene ring substituents is 1. The Bertz CT molecular complexity index is 585. The van der Waals surface area contributed by atoms with Crippen molar-refractivity contribution in [3.63, 3.8) is 0 Å². The van der Waals surface area contributed by atoms with Crippen LogP contribution in [0.25, 0.3) is 0 Å². The van der Waals surface area contributed by atoms with Gasteiger partial charge in [-0.2, -0.15) is 0 Å². The van der Waals surface area contributed by atoms with Gasteiger partial charge in [-0.1, -0.05) is 0 Å². The highest BCUT2D eigenvalue weighted by molar-refractivity contribution is 5.95. The quantitative estimate of drug-likeness (QED) is 0.678. The van der Waals surface area contributed by atoms with Gasteiger partial charge < -0.3 is 10.2 Å². The lowest BCUT2D eigenvalue weighted by molar-refractivity contribution is -0.384. The molecular formula is C14H16FN3O3. The first-order valence-electron chi connectivity index (χ1n) is 7.02. The number of carbonyl (C=O) groups excluding carboxylic acids is 1. The van der Waals surface area contributed by atoms with E-state index in [-0.39, 0.29) is 17.3 Å². The molecule has 112 valence electrons. The van der Waals surface area contributed by atoms with Crippen LogP contribution in [0.4, 0.5) is 10.1 Å². The molecule has 3 fully saturated rings. The molecule has 3 heterocycles. The summed E-state index contributed by atoms with van der Waals surface area (Å²) in [4.78, 5) is 24.6. The molecule has 3 saturated heterocycles. The normalized spacial score (nSPS) is 27.4. The first-order valence-corrected chi connectivity index (χ1v) is 7.02. The number of halogens is 1. The second kappa shape index (κ2) is 5.40. The zero-order valence-electron chi connectivity index (χ0n) is 11.4. The van der Waals surface area contributed by atoms with Crippen molar-refractivity contribution in [3.05, 3.63) is 39.7 Å². The molecule has 2 bridgehead atoms. The molecule has 1 amide bonds. The highest BCUT2D eigenvalue weighted by Gasteiger charge is 2.35. The van der Waals surface area contributed by atoms with Gasteiger partial charge in [0.2, 0.25) is 0 Å². The minimum Gasteiger partial charge on any atom is -0.348 e. The predicted octanol–water partition coefficient (Wildman–Crippen LogP) is 1.56. The Morgan fingerprint density at radius 3 is 2.67 bits per heavy atom. The molecule has 1 aromatic carbocycles. The maximum Gasteiger partial charge on any atom is 0.270 e. The van der Waals surface area contributed by atoms with Gasteiger partial charge in [-0.3, -0.25) is 14.9 Å². The smallest absolute Gasteiger partial charge is 0.270 e. The zero-order valence-corrected chi connectivity index (χ0v) is 11.4. The number of hydrogen-bond donors (Lipinski definition) is 1. The Balaban J connectivity index is 1.76. The van der Waals surface area contributed by atoms with Gasteiger partial charge in [0, 0.05) is 24.7 Å². The number of amides is 1. The van der Waals surface area contributed by atoms with Crippen molar-refractivity contribution in [1.82, 2.24) is 10.2 Å². The third kappa shape index (κ3) is 2.73. The van der Waals surface area contributed by atoms with E-state index in [1.54, 1.807) is 0 Å². The fraction of sp³-hybridized carbons (Fsp3) is 0.500. The van der Waals surface area contributed by atoms with Gasteiger partial charge in [-0.25, -0.2) is 4.39 Å². The van der Waals surface area contributed by atoms with Crippen LogP contribution in [0.2, 0.25) is 0 Å². The maximum absolute atomic E-state index is 13.7. The molecule has 0 aromatic heterocycles. The van der Waals surface area contributed by atoms with E-state index in [4.69, 9.17) is 0 Å². The predicted molar refractivity (Wildman–Crippen MR) is 73.5 cm³/mol. The average Bonchev–Trinajstić information content (AvgIpc) is 2.48. The number of fused-ring (bicyclic) bond motifs is 3. The fourth-order valence-electron chi connectivity index (χ4n) is 3.18. The number of non-ortho nitro benzene ring substituents is 1. The summed E-state index contributed by atoms with van der Waals surface area (Å²) >= 11 is 0. The van der Waals surface area contributed by atoms with E-state index in [1.807, 2.05) is 0 Å². The van der Waals surface area contributed by atoms with Crippen molar-refractivity contribution in [1.29, 1.82) is 0 Å². The summed E-state index contributed by atoms with van der Waals surface area (Å²) in [6.45, 7) is 2.86. The van der Waals surface area contributed by atoms with Crippen LogP contribution in [0.5, 0.6) is 0 Å². The number of nitrogens with zero attached hydrogens (tertiary/aromatic N) is 2. The van der Waals surface area contributed by atoms with Crippen LogP contribution in [0.1, 0.15) is 23.2 Å². The molecule has 1 unspecified atom stereocenters. The van der Waals surface area contributed by atoms with E-state index in [1.165, 1.54) is 0 Å².